The van der Waals surface area contributed by atoms with E-state index in [1.54, 1.807) is 0 Å². The molecule has 5 nitrogen and oxygen atoms in total. The van der Waals surface area contributed by atoms with Crippen LogP contribution in [0.3, 0.4) is 0 Å². The molecule has 1 saturated heterocycles. The lowest BCUT2D eigenvalue weighted by Crippen LogP contribution is -2.48. The molecular weight excluding hydrogens is 584 g/mol. The first kappa shape index (κ1) is 38.2. The lowest BCUT2D eigenvalue weighted by atomic mass is 9.61. The van der Waals surface area contributed by atoms with Gasteiger partial charge >= 0.3 is 5.97 Å². The number of carbonyl (C=O) groups excluding carboxylic acids is 2. The molecule has 0 amide bonds. The van der Waals surface area contributed by atoms with Crippen LogP contribution in [0.2, 0.25) is 0 Å². The normalized spacial score (nSPS) is 31.2. The Kier molecular flexibility index (Phi) is 12.5. The molecule has 0 aromatic heterocycles. The minimum Gasteiger partial charge on any atom is -0.463 e. The van der Waals surface area contributed by atoms with E-state index in [-0.39, 0.29) is 34.8 Å². The van der Waals surface area contributed by atoms with Crippen LogP contribution in [0.1, 0.15) is 108 Å². The average Bonchev–Trinajstić information content (AvgIpc) is 3.54. The third kappa shape index (κ3) is 9.89. The minimum atomic E-state index is -0.495. The van der Waals surface area contributed by atoms with Crippen LogP contribution in [0.5, 0.6) is 0 Å². The summed E-state index contributed by atoms with van der Waals surface area (Å²) in [7, 11) is 0. The molecule has 0 radical (unpaired) electrons. The van der Waals surface area contributed by atoms with E-state index in [0.29, 0.717) is 30.8 Å². The monoisotopic (exact) mass is 642 g/mol. The third-order valence-corrected chi connectivity index (χ3v) is 10.1. The Morgan fingerprint density at radius 1 is 0.851 bits per heavy atom. The van der Waals surface area contributed by atoms with Gasteiger partial charge in [-0.15, -0.1) is 5.73 Å². The second-order valence-corrected chi connectivity index (χ2v) is 15.5. The molecule has 0 spiro atoms. The fourth-order valence-electron chi connectivity index (χ4n) is 7.68. The highest BCUT2D eigenvalue weighted by atomic mass is 16.6. The number of ketones is 1. The zero-order valence-electron chi connectivity index (χ0n) is 30.7. The van der Waals surface area contributed by atoms with E-state index in [2.05, 4.69) is 84.6 Å². The molecule has 1 aliphatic heterocycles. The zero-order valence-corrected chi connectivity index (χ0v) is 30.7. The maximum atomic E-state index is 13.1. The molecule has 5 atom stereocenters. The van der Waals surface area contributed by atoms with E-state index in [0.717, 1.165) is 29.6 Å². The molecule has 0 aromatic carbocycles. The van der Waals surface area contributed by atoms with Crippen LogP contribution in [0, 0.1) is 16.7 Å². The number of rotatable bonds is 11. The Bertz CT molecular complexity index is 1480. The van der Waals surface area contributed by atoms with Crippen molar-refractivity contribution in [1.29, 1.82) is 0 Å². The number of esters is 1. The number of allylic oxidation sites excluding steroid dienone is 15. The molecule has 5 heteroatoms. The van der Waals surface area contributed by atoms with Gasteiger partial charge in [0.1, 0.15) is 11.7 Å². The predicted molar refractivity (Wildman–Crippen MR) is 193 cm³/mol. The summed E-state index contributed by atoms with van der Waals surface area (Å²) in [6, 6.07) is 0. The Labute approximate surface area is 284 Å². The summed E-state index contributed by atoms with van der Waals surface area (Å²) in [6.07, 6.45) is 25.0. The SMILES string of the molecule is CC(=O)O[C@@H]1C[C@@H](C)C(=C=C/C(C)=C/C=C/C(C)=C/C=C/C=C(C)/C=C/C=C(\C)C(=O)C[C@@]23O[C@]2(C)C[C@@H](O)CC3(C)C)C(C)(C)C1. The van der Waals surface area contributed by atoms with Crippen LogP contribution in [0.25, 0.3) is 0 Å². The Morgan fingerprint density at radius 3 is 1.98 bits per heavy atom. The Hall–Kier alpha value is -3.24. The van der Waals surface area contributed by atoms with Crippen LogP contribution in [-0.4, -0.2) is 40.3 Å². The van der Waals surface area contributed by atoms with Gasteiger partial charge in [0.15, 0.2) is 5.78 Å². The second-order valence-electron chi connectivity index (χ2n) is 15.5. The van der Waals surface area contributed by atoms with Gasteiger partial charge in [-0.25, -0.2) is 0 Å². The number of aliphatic hydroxyl groups excluding tert-OH is 1. The van der Waals surface area contributed by atoms with E-state index >= 15 is 0 Å². The van der Waals surface area contributed by atoms with Gasteiger partial charge in [-0.1, -0.05) is 107 Å². The molecule has 3 rings (SSSR count). The molecule has 1 N–H and O–H groups in total. The van der Waals surface area contributed by atoms with Crippen molar-refractivity contribution in [2.45, 2.75) is 132 Å². The van der Waals surface area contributed by atoms with Crippen molar-refractivity contribution >= 4 is 11.8 Å². The van der Waals surface area contributed by atoms with Crippen molar-refractivity contribution in [3.8, 4) is 0 Å². The van der Waals surface area contributed by atoms with Gasteiger partial charge in [0.2, 0.25) is 0 Å². The van der Waals surface area contributed by atoms with Gasteiger partial charge in [-0.3, -0.25) is 9.59 Å². The van der Waals surface area contributed by atoms with E-state index in [9.17, 15) is 14.7 Å². The maximum absolute atomic E-state index is 13.1. The van der Waals surface area contributed by atoms with Crippen molar-refractivity contribution in [2.75, 3.05) is 0 Å². The zero-order chi connectivity index (χ0) is 35.2. The van der Waals surface area contributed by atoms with E-state index in [1.165, 1.54) is 12.5 Å². The average molecular weight is 643 g/mol. The van der Waals surface area contributed by atoms with Crippen molar-refractivity contribution in [2.24, 2.45) is 16.7 Å². The largest absolute Gasteiger partial charge is 0.463 e. The minimum absolute atomic E-state index is 0.0296. The summed E-state index contributed by atoms with van der Waals surface area (Å²) in [5, 5.41) is 10.3. The Balaban J connectivity index is 1.51. The highest BCUT2D eigenvalue weighted by Gasteiger charge is 2.76. The highest BCUT2D eigenvalue weighted by Crippen LogP contribution is 2.67. The summed E-state index contributed by atoms with van der Waals surface area (Å²) < 4.78 is 11.7. The highest BCUT2D eigenvalue weighted by molar-refractivity contribution is 5.96. The smallest absolute Gasteiger partial charge is 0.302 e. The molecule has 2 saturated carbocycles. The molecule has 256 valence electrons. The fraction of sp³-hybridized carbons (Fsp3) is 0.548. The lowest BCUT2D eigenvalue weighted by Gasteiger charge is -2.40. The summed E-state index contributed by atoms with van der Waals surface area (Å²) in [4.78, 5) is 24.5. The summed E-state index contributed by atoms with van der Waals surface area (Å²) >= 11 is 0. The topological polar surface area (TPSA) is 76.1 Å². The molecule has 3 fully saturated rings. The number of hydrogen-bond acceptors (Lipinski definition) is 5. The number of Topliss-reactive ketones (excluding diaryl/α,β-unsaturated/α-hetero) is 1. The number of fused-ring (bicyclic) bond motifs is 1. The van der Waals surface area contributed by atoms with Gasteiger partial charge in [-0.05, 0) is 93.4 Å². The summed E-state index contributed by atoms with van der Waals surface area (Å²) in [5.41, 5.74) is 7.63. The first-order chi connectivity index (χ1) is 21.8. The van der Waals surface area contributed by atoms with Gasteiger partial charge < -0.3 is 14.6 Å². The van der Waals surface area contributed by atoms with Gasteiger partial charge in [-0.2, -0.15) is 0 Å². The first-order valence-corrected chi connectivity index (χ1v) is 17.1. The van der Waals surface area contributed by atoms with E-state index in [4.69, 9.17) is 9.47 Å². The molecule has 0 aromatic rings. The lowest BCUT2D eigenvalue weighted by molar-refractivity contribution is -0.149. The molecule has 1 heterocycles. The Morgan fingerprint density at radius 2 is 1.43 bits per heavy atom. The van der Waals surface area contributed by atoms with Crippen LogP contribution in [-0.2, 0) is 19.1 Å². The van der Waals surface area contributed by atoms with Crippen LogP contribution >= 0.6 is 0 Å². The van der Waals surface area contributed by atoms with E-state index < -0.39 is 11.2 Å². The van der Waals surface area contributed by atoms with Crippen LogP contribution < -0.4 is 0 Å². The van der Waals surface area contributed by atoms with Gasteiger partial charge in [0.25, 0.3) is 0 Å². The van der Waals surface area contributed by atoms with Crippen molar-refractivity contribution < 1.29 is 24.2 Å². The summed E-state index contributed by atoms with van der Waals surface area (Å²) in [5.74, 6) is 0.192. The molecule has 2 aliphatic carbocycles. The standard InChI is InChI=1S/C42H58O5/c1-29(18-14-19-31(3)22-23-37-33(5)24-36(46-34(6)43)27-39(37,7)8)16-12-13-17-30(2)20-15-21-32(4)38(45)28-42-40(9,10)25-35(44)26-41(42,11)47-42/h12-22,33,35-36,44H,24-28H2,1-11H3/b13-12+,18-14+,20-15+,29-16+,30-17+,31-19+,32-21+/t23?,33-,35+,36-,41-,42+/m1/s1. The quantitative estimate of drug-likeness (QED) is 0.0799. The summed E-state index contributed by atoms with van der Waals surface area (Å²) in [6.45, 7) is 22.3. The molecule has 3 aliphatic rings. The van der Waals surface area contributed by atoms with Crippen molar-refractivity contribution in [3.05, 3.63) is 100 Å². The molecular formula is C42H58O5. The number of ether oxygens (including phenoxy) is 2. The molecule has 0 bridgehead atoms. The number of carbonyl (C=O) groups is 2. The maximum Gasteiger partial charge on any atom is 0.302 e. The van der Waals surface area contributed by atoms with Crippen molar-refractivity contribution in [1.82, 2.24) is 0 Å². The number of epoxide rings is 1. The molecule has 47 heavy (non-hydrogen) atoms. The predicted octanol–water partition coefficient (Wildman–Crippen LogP) is 9.58. The van der Waals surface area contributed by atoms with Gasteiger partial charge in [0, 0.05) is 19.8 Å². The molecule has 0 unspecified atom stereocenters. The number of aliphatic hydroxyl groups is 1. The first-order valence-electron chi connectivity index (χ1n) is 17.1. The number of hydrogen-bond donors (Lipinski definition) is 1. The fourth-order valence-corrected chi connectivity index (χ4v) is 7.68. The van der Waals surface area contributed by atoms with Gasteiger partial charge in [0.05, 0.1) is 11.7 Å². The second kappa shape index (κ2) is 15.3. The third-order valence-electron chi connectivity index (χ3n) is 10.1. The van der Waals surface area contributed by atoms with Crippen LogP contribution in [0.15, 0.2) is 100 Å². The van der Waals surface area contributed by atoms with Crippen molar-refractivity contribution in [3.63, 3.8) is 0 Å². The van der Waals surface area contributed by atoms with E-state index in [1.807, 2.05) is 57.2 Å². The van der Waals surface area contributed by atoms with Crippen LogP contribution in [0.4, 0.5) is 0 Å².